The van der Waals surface area contributed by atoms with Crippen LogP contribution in [0.3, 0.4) is 0 Å². The molecule has 8 heteroatoms. The number of halogens is 2. The fourth-order valence-electron chi connectivity index (χ4n) is 3.97. The molecule has 0 aliphatic carbocycles. The first-order valence-corrected chi connectivity index (χ1v) is 9.17. The van der Waals surface area contributed by atoms with Gasteiger partial charge in [-0.2, -0.15) is 4.98 Å². The number of hydrogen-bond donors (Lipinski definition) is 1. The summed E-state index contributed by atoms with van der Waals surface area (Å²) in [5, 5.41) is 7.55. The fourth-order valence-corrected chi connectivity index (χ4v) is 3.97. The van der Waals surface area contributed by atoms with Crippen LogP contribution in [0.4, 0.5) is 0 Å². The van der Waals surface area contributed by atoms with Crippen molar-refractivity contribution < 1.29 is 9.26 Å². The maximum Gasteiger partial charge on any atom is 0.241 e. The Balaban J connectivity index is 0.00000131. The largest absolute Gasteiger partial charge is 0.375 e. The van der Waals surface area contributed by atoms with Gasteiger partial charge in [-0.1, -0.05) is 35.5 Å². The third kappa shape index (κ3) is 5.21. The lowest BCUT2D eigenvalue weighted by Crippen LogP contribution is -2.52. The first kappa shape index (κ1) is 22.1. The van der Waals surface area contributed by atoms with Crippen molar-refractivity contribution in [3.8, 4) is 11.4 Å². The molecule has 1 spiro atoms. The molecule has 1 unspecified atom stereocenters. The number of hydrogen-bond acceptors (Lipinski definition) is 6. The summed E-state index contributed by atoms with van der Waals surface area (Å²) < 4.78 is 11.7. The Labute approximate surface area is 172 Å². The van der Waals surface area contributed by atoms with Crippen LogP contribution < -0.4 is 5.32 Å². The Morgan fingerprint density at radius 1 is 1.19 bits per heavy atom. The number of rotatable bonds is 4. The normalized spacial score (nSPS) is 21.5. The van der Waals surface area contributed by atoms with Gasteiger partial charge < -0.3 is 14.6 Å². The standard InChI is InChI=1S/C19H26N4O2.2ClH/c1-23(16-7-12-24-19(13-16)8-10-20-11-9-19)14-17-21-18(22-25-17)15-5-3-2-4-6-15;;/h2-6,16,20H,7-14H2,1H3;2*1H. The molecule has 2 fully saturated rings. The van der Waals surface area contributed by atoms with Crippen molar-refractivity contribution >= 4 is 24.8 Å². The highest BCUT2D eigenvalue weighted by Crippen LogP contribution is 2.35. The Bertz CT molecular complexity index is 687. The van der Waals surface area contributed by atoms with Crippen molar-refractivity contribution in [2.24, 2.45) is 0 Å². The Morgan fingerprint density at radius 3 is 2.67 bits per heavy atom. The maximum atomic E-state index is 6.18. The highest BCUT2D eigenvalue weighted by atomic mass is 35.5. The van der Waals surface area contributed by atoms with Gasteiger partial charge in [-0.3, -0.25) is 4.90 Å². The van der Waals surface area contributed by atoms with E-state index in [0.29, 0.717) is 24.3 Å². The predicted molar refractivity (Wildman–Crippen MR) is 110 cm³/mol. The topological polar surface area (TPSA) is 63.4 Å². The van der Waals surface area contributed by atoms with Crippen LogP contribution in [0.25, 0.3) is 11.4 Å². The molecule has 3 heterocycles. The van der Waals surface area contributed by atoms with Gasteiger partial charge in [-0.15, -0.1) is 24.8 Å². The third-order valence-corrected chi connectivity index (χ3v) is 5.49. The minimum absolute atomic E-state index is 0. The van der Waals surface area contributed by atoms with Gasteiger partial charge in [-0.05, 0) is 45.8 Å². The highest BCUT2D eigenvalue weighted by molar-refractivity contribution is 5.85. The van der Waals surface area contributed by atoms with E-state index in [1.807, 2.05) is 30.3 Å². The van der Waals surface area contributed by atoms with Gasteiger partial charge in [0.1, 0.15) is 0 Å². The smallest absolute Gasteiger partial charge is 0.241 e. The molecule has 2 saturated heterocycles. The van der Waals surface area contributed by atoms with Crippen LogP contribution in [0, 0.1) is 0 Å². The van der Waals surface area contributed by atoms with E-state index in [1.165, 1.54) is 0 Å². The molecule has 6 nitrogen and oxygen atoms in total. The monoisotopic (exact) mass is 414 g/mol. The number of benzene rings is 1. The van der Waals surface area contributed by atoms with Crippen molar-refractivity contribution in [1.82, 2.24) is 20.4 Å². The molecule has 2 aliphatic rings. The van der Waals surface area contributed by atoms with Crippen molar-refractivity contribution in [3.05, 3.63) is 36.2 Å². The van der Waals surface area contributed by atoms with E-state index >= 15 is 0 Å². The minimum Gasteiger partial charge on any atom is -0.375 e. The molecule has 0 saturated carbocycles. The van der Waals surface area contributed by atoms with Gasteiger partial charge in [0, 0.05) is 18.2 Å². The molecular weight excluding hydrogens is 387 g/mol. The van der Waals surface area contributed by atoms with Crippen LogP contribution in [0.1, 0.15) is 31.6 Å². The molecule has 0 amide bonds. The van der Waals surface area contributed by atoms with Crippen molar-refractivity contribution in [3.63, 3.8) is 0 Å². The summed E-state index contributed by atoms with van der Waals surface area (Å²) in [5.41, 5.74) is 1.05. The lowest BCUT2D eigenvalue weighted by Gasteiger charge is -2.45. The van der Waals surface area contributed by atoms with Gasteiger partial charge >= 0.3 is 0 Å². The van der Waals surface area contributed by atoms with Crippen LogP contribution >= 0.6 is 24.8 Å². The Kier molecular flexibility index (Phi) is 8.06. The van der Waals surface area contributed by atoms with E-state index < -0.39 is 0 Å². The van der Waals surface area contributed by atoms with Gasteiger partial charge in [0.05, 0.1) is 12.1 Å². The van der Waals surface area contributed by atoms with Gasteiger partial charge in [-0.25, -0.2) is 0 Å². The minimum atomic E-state index is 0. The second kappa shape index (κ2) is 9.85. The molecule has 1 aromatic carbocycles. The number of nitrogens with zero attached hydrogens (tertiary/aromatic N) is 3. The molecule has 150 valence electrons. The van der Waals surface area contributed by atoms with Crippen LogP contribution in [-0.4, -0.2) is 53.4 Å². The summed E-state index contributed by atoms with van der Waals surface area (Å²) in [6, 6.07) is 10.4. The zero-order valence-corrected chi connectivity index (χ0v) is 17.2. The quantitative estimate of drug-likeness (QED) is 0.827. The van der Waals surface area contributed by atoms with E-state index in [4.69, 9.17) is 9.26 Å². The highest BCUT2D eigenvalue weighted by Gasteiger charge is 2.39. The van der Waals surface area contributed by atoms with E-state index in [0.717, 1.165) is 50.9 Å². The van der Waals surface area contributed by atoms with E-state index in [1.54, 1.807) is 0 Å². The molecule has 1 aromatic heterocycles. The molecule has 2 aromatic rings. The predicted octanol–water partition coefficient (Wildman–Crippen LogP) is 3.31. The zero-order chi connectivity index (χ0) is 17.1. The van der Waals surface area contributed by atoms with Crippen molar-refractivity contribution in [2.75, 3.05) is 26.7 Å². The van der Waals surface area contributed by atoms with E-state index in [9.17, 15) is 0 Å². The molecular formula is C19H28Cl2N4O2. The van der Waals surface area contributed by atoms with E-state index in [2.05, 4.69) is 27.4 Å². The van der Waals surface area contributed by atoms with Gasteiger partial charge in [0.25, 0.3) is 0 Å². The third-order valence-electron chi connectivity index (χ3n) is 5.49. The summed E-state index contributed by atoms with van der Waals surface area (Å²) in [4.78, 5) is 6.90. The van der Waals surface area contributed by atoms with Crippen LogP contribution in [0.15, 0.2) is 34.9 Å². The van der Waals surface area contributed by atoms with Gasteiger partial charge in [0.15, 0.2) is 0 Å². The summed E-state index contributed by atoms with van der Waals surface area (Å²) in [5.74, 6) is 1.33. The summed E-state index contributed by atoms with van der Waals surface area (Å²) in [7, 11) is 2.15. The lowest BCUT2D eigenvalue weighted by molar-refractivity contribution is -0.119. The Morgan fingerprint density at radius 2 is 1.93 bits per heavy atom. The number of nitrogens with one attached hydrogen (secondary N) is 1. The summed E-state index contributed by atoms with van der Waals surface area (Å²) >= 11 is 0. The first-order chi connectivity index (χ1) is 12.2. The van der Waals surface area contributed by atoms with Crippen molar-refractivity contribution in [2.45, 2.75) is 43.9 Å². The zero-order valence-electron chi connectivity index (χ0n) is 15.6. The molecule has 0 bridgehead atoms. The average Bonchev–Trinajstić information content (AvgIpc) is 3.12. The summed E-state index contributed by atoms with van der Waals surface area (Å²) in [6.45, 7) is 3.63. The molecule has 2 aliphatic heterocycles. The number of piperidine rings is 1. The lowest BCUT2D eigenvalue weighted by atomic mass is 9.82. The maximum absolute atomic E-state index is 6.18. The molecule has 27 heavy (non-hydrogen) atoms. The average molecular weight is 415 g/mol. The molecule has 1 N–H and O–H groups in total. The van der Waals surface area contributed by atoms with Crippen LogP contribution in [-0.2, 0) is 11.3 Å². The van der Waals surface area contributed by atoms with Crippen LogP contribution in [0.2, 0.25) is 0 Å². The second-order valence-corrected chi connectivity index (χ2v) is 7.22. The molecule has 1 atom stereocenters. The van der Waals surface area contributed by atoms with Crippen molar-refractivity contribution in [1.29, 1.82) is 0 Å². The number of ether oxygens (including phenoxy) is 1. The number of aromatic nitrogens is 2. The van der Waals surface area contributed by atoms with Crippen LogP contribution in [0.5, 0.6) is 0 Å². The van der Waals surface area contributed by atoms with Gasteiger partial charge in [0.2, 0.25) is 11.7 Å². The van der Waals surface area contributed by atoms with E-state index in [-0.39, 0.29) is 30.4 Å². The second-order valence-electron chi connectivity index (χ2n) is 7.22. The SMILES string of the molecule is CN(Cc1nc(-c2ccccc2)no1)C1CCOC2(CCNCC2)C1.Cl.Cl. The Hall–Kier alpha value is -1.18. The summed E-state index contributed by atoms with van der Waals surface area (Å²) in [6.07, 6.45) is 4.36. The first-order valence-electron chi connectivity index (χ1n) is 9.17. The molecule has 4 rings (SSSR count). The fraction of sp³-hybridized carbons (Fsp3) is 0.579. The molecule has 0 radical (unpaired) electrons.